The van der Waals surface area contributed by atoms with Crippen molar-refractivity contribution in [2.24, 2.45) is 0 Å². The van der Waals surface area contributed by atoms with Gasteiger partial charge >= 0.3 is 0 Å². The van der Waals surface area contributed by atoms with Crippen LogP contribution in [0.2, 0.25) is 0 Å². The van der Waals surface area contributed by atoms with Gasteiger partial charge in [-0.15, -0.1) is 0 Å². The summed E-state index contributed by atoms with van der Waals surface area (Å²) in [6.45, 7) is 9.26. The molecular formula is C20H40O3. The number of ether oxygens (including phenoxy) is 1. The van der Waals surface area contributed by atoms with Gasteiger partial charge in [0.05, 0.1) is 12.5 Å². The van der Waals surface area contributed by atoms with Gasteiger partial charge in [0.2, 0.25) is 0 Å². The number of unbranched alkanes of at least 4 members (excludes halogenated alkanes) is 5. The largest absolute Gasteiger partial charge is 0.473 e. The molecule has 0 bridgehead atoms. The van der Waals surface area contributed by atoms with Crippen molar-refractivity contribution in [3.05, 3.63) is 23.7 Å². The molecule has 23 heavy (non-hydrogen) atoms. The molecule has 0 heterocycles. The Labute approximate surface area is 144 Å². The molecule has 0 aromatic carbocycles. The maximum atomic E-state index is 8.43. The second-order valence-electron chi connectivity index (χ2n) is 5.67. The summed E-state index contributed by atoms with van der Waals surface area (Å²) in [5.41, 5.74) is 2.73. The molecule has 0 aliphatic rings. The quantitative estimate of drug-likeness (QED) is 0.336. The Morgan fingerprint density at radius 2 is 0.913 bits per heavy atom. The van der Waals surface area contributed by atoms with Crippen LogP contribution in [0, 0.1) is 0 Å². The first-order valence-electron chi connectivity index (χ1n) is 9.42. The van der Waals surface area contributed by atoms with E-state index in [1.807, 2.05) is 12.5 Å². The Hall–Kier alpha value is -0.800. The Balaban J connectivity index is 0. The highest BCUT2D eigenvalue weighted by atomic mass is 16.5. The topological polar surface area (TPSA) is 49.7 Å². The van der Waals surface area contributed by atoms with Crippen LogP contribution < -0.4 is 0 Å². The van der Waals surface area contributed by atoms with E-state index in [0.29, 0.717) is 13.2 Å². The molecule has 0 unspecified atom stereocenters. The molecule has 3 heteroatoms. The maximum absolute atomic E-state index is 8.43. The van der Waals surface area contributed by atoms with Crippen molar-refractivity contribution in [3.63, 3.8) is 0 Å². The van der Waals surface area contributed by atoms with Crippen LogP contribution in [0.15, 0.2) is 23.7 Å². The Kier molecular flexibility index (Phi) is 22.5. The molecule has 138 valence electrons. The highest BCUT2D eigenvalue weighted by molar-refractivity contribution is 5.00. The normalized spacial score (nSPS) is 9.65. The van der Waals surface area contributed by atoms with Gasteiger partial charge in [-0.2, -0.15) is 0 Å². The minimum Gasteiger partial charge on any atom is -0.473 e. The lowest BCUT2D eigenvalue weighted by Crippen LogP contribution is -1.85. The van der Waals surface area contributed by atoms with Crippen molar-refractivity contribution in [3.8, 4) is 0 Å². The van der Waals surface area contributed by atoms with E-state index in [2.05, 4.69) is 27.7 Å². The monoisotopic (exact) mass is 328 g/mol. The van der Waals surface area contributed by atoms with Crippen LogP contribution >= 0.6 is 0 Å². The molecule has 2 N–H and O–H groups in total. The first-order valence-corrected chi connectivity index (χ1v) is 9.42. The molecule has 0 atom stereocenters. The van der Waals surface area contributed by atoms with E-state index in [4.69, 9.17) is 14.9 Å². The summed E-state index contributed by atoms with van der Waals surface area (Å²) in [6.07, 6.45) is 14.6. The highest BCUT2D eigenvalue weighted by Crippen LogP contribution is 2.09. The molecule has 0 rings (SSSR count). The van der Waals surface area contributed by atoms with Crippen LogP contribution in [0.5, 0.6) is 0 Å². The zero-order valence-corrected chi connectivity index (χ0v) is 15.9. The SMILES string of the molecule is CCC(=COC=C(CC)CC)CC.OCCCCCCCCO. The van der Waals surface area contributed by atoms with Gasteiger partial charge in [0.25, 0.3) is 0 Å². The van der Waals surface area contributed by atoms with Crippen molar-refractivity contribution >= 4 is 0 Å². The average Bonchev–Trinajstić information content (AvgIpc) is 2.59. The number of allylic oxidation sites excluding steroid dienone is 2. The predicted molar refractivity (Wildman–Crippen MR) is 100 cm³/mol. The second kappa shape index (κ2) is 21.2. The van der Waals surface area contributed by atoms with Gasteiger partial charge in [-0.25, -0.2) is 0 Å². The van der Waals surface area contributed by atoms with E-state index < -0.39 is 0 Å². The van der Waals surface area contributed by atoms with E-state index in [0.717, 1.165) is 51.4 Å². The van der Waals surface area contributed by atoms with Crippen LogP contribution in [0.3, 0.4) is 0 Å². The second-order valence-corrected chi connectivity index (χ2v) is 5.67. The van der Waals surface area contributed by atoms with Crippen molar-refractivity contribution in [1.82, 2.24) is 0 Å². The zero-order chi connectivity index (χ0) is 17.8. The lowest BCUT2D eigenvalue weighted by Gasteiger charge is -2.01. The van der Waals surface area contributed by atoms with Crippen molar-refractivity contribution < 1.29 is 14.9 Å². The van der Waals surface area contributed by atoms with Gasteiger partial charge in [0.1, 0.15) is 0 Å². The Morgan fingerprint density at radius 3 is 1.17 bits per heavy atom. The predicted octanol–water partition coefficient (Wildman–Crippen LogP) is 5.72. The number of hydrogen-bond acceptors (Lipinski definition) is 3. The van der Waals surface area contributed by atoms with E-state index in [9.17, 15) is 0 Å². The van der Waals surface area contributed by atoms with Gasteiger partial charge in [0, 0.05) is 13.2 Å². The molecule has 0 spiro atoms. The lowest BCUT2D eigenvalue weighted by molar-refractivity contribution is 0.275. The third-order valence-corrected chi connectivity index (χ3v) is 3.85. The van der Waals surface area contributed by atoms with E-state index in [-0.39, 0.29) is 0 Å². The van der Waals surface area contributed by atoms with Gasteiger partial charge in [-0.1, -0.05) is 53.4 Å². The fourth-order valence-corrected chi connectivity index (χ4v) is 1.99. The first-order chi connectivity index (χ1) is 11.2. The van der Waals surface area contributed by atoms with Gasteiger partial charge in [0.15, 0.2) is 0 Å². The van der Waals surface area contributed by atoms with Crippen molar-refractivity contribution in [2.45, 2.75) is 91.9 Å². The Bertz CT molecular complexity index is 243. The number of aliphatic hydroxyl groups excluding tert-OH is 2. The molecule has 0 aromatic heterocycles. The molecule has 0 radical (unpaired) electrons. The maximum Gasteiger partial charge on any atom is 0.0893 e. The molecule has 3 nitrogen and oxygen atoms in total. The minimum atomic E-state index is 0.319. The molecule has 0 aliphatic carbocycles. The smallest absolute Gasteiger partial charge is 0.0893 e. The first kappa shape index (κ1) is 24.5. The van der Waals surface area contributed by atoms with Crippen LogP contribution in [0.25, 0.3) is 0 Å². The molecule has 0 fully saturated rings. The molecule has 0 saturated heterocycles. The third-order valence-electron chi connectivity index (χ3n) is 3.85. The van der Waals surface area contributed by atoms with E-state index in [1.165, 1.54) is 24.0 Å². The summed E-state index contributed by atoms with van der Waals surface area (Å²) >= 11 is 0. The van der Waals surface area contributed by atoms with E-state index >= 15 is 0 Å². The fraction of sp³-hybridized carbons (Fsp3) is 0.800. The lowest BCUT2D eigenvalue weighted by atomic mass is 10.1. The van der Waals surface area contributed by atoms with Crippen LogP contribution in [0.1, 0.15) is 91.9 Å². The summed E-state index contributed by atoms with van der Waals surface area (Å²) in [6, 6.07) is 0. The molecule has 0 aromatic rings. The van der Waals surface area contributed by atoms with Crippen molar-refractivity contribution in [2.75, 3.05) is 13.2 Å². The number of aliphatic hydroxyl groups is 2. The zero-order valence-electron chi connectivity index (χ0n) is 15.9. The molecular weight excluding hydrogens is 288 g/mol. The average molecular weight is 329 g/mol. The fourth-order valence-electron chi connectivity index (χ4n) is 1.99. The summed E-state index contributed by atoms with van der Waals surface area (Å²) in [5, 5.41) is 16.9. The van der Waals surface area contributed by atoms with Crippen LogP contribution in [0.4, 0.5) is 0 Å². The summed E-state index contributed by atoms with van der Waals surface area (Å²) < 4.78 is 5.40. The van der Waals surface area contributed by atoms with Crippen molar-refractivity contribution in [1.29, 1.82) is 0 Å². The standard InChI is InChI=1S/C12H22O.C8H18O2/c1-5-11(6-2)9-13-10-12(7-3)8-4;9-7-5-3-1-2-4-6-8-10/h9-10H,5-8H2,1-4H3;9-10H,1-8H2. The van der Waals surface area contributed by atoms with Crippen LogP contribution in [-0.2, 0) is 4.74 Å². The molecule has 0 aliphatic heterocycles. The van der Waals surface area contributed by atoms with E-state index in [1.54, 1.807) is 0 Å². The van der Waals surface area contributed by atoms with Gasteiger partial charge in [-0.3, -0.25) is 0 Å². The third kappa shape index (κ3) is 19.2. The summed E-state index contributed by atoms with van der Waals surface area (Å²) in [7, 11) is 0. The summed E-state index contributed by atoms with van der Waals surface area (Å²) in [4.78, 5) is 0. The number of hydrogen-bond donors (Lipinski definition) is 2. The number of rotatable bonds is 13. The summed E-state index contributed by atoms with van der Waals surface area (Å²) in [5.74, 6) is 0. The molecule has 0 amide bonds. The van der Waals surface area contributed by atoms with Gasteiger partial charge < -0.3 is 14.9 Å². The molecule has 0 saturated carbocycles. The van der Waals surface area contributed by atoms with Crippen LogP contribution in [-0.4, -0.2) is 23.4 Å². The highest BCUT2D eigenvalue weighted by Gasteiger charge is 1.91. The van der Waals surface area contributed by atoms with Gasteiger partial charge in [-0.05, 0) is 49.7 Å². The Morgan fingerprint density at radius 1 is 0.609 bits per heavy atom. The minimum absolute atomic E-state index is 0.319.